The van der Waals surface area contributed by atoms with Crippen LogP contribution in [0.15, 0.2) is 60.7 Å². The van der Waals surface area contributed by atoms with E-state index in [1.165, 1.54) is 0 Å². The van der Waals surface area contributed by atoms with Gasteiger partial charge in [-0.15, -0.1) is 0 Å². The van der Waals surface area contributed by atoms with Gasteiger partial charge in [-0.2, -0.15) is 0 Å². The fourth-order valence-electron chi connectivity index (χ4n) is 2.76. The quantitative estimate of drug-likeness (QED) is 0.402. The molecule has 0 unspecified atom stereocenters. The summed E-state index contributed by atoms with van der Waals surface area (Å²) in [6.45, 7) is 1.99. The zero-order valence-corrected chi connectivity index (χ0v) is 12.7. The molecule has 0 aliphatic rings. The van der Waals surface area contributed by atoms with Crippen LogP contribution in [0, 0.1) is 6.92 Å². The summed E-state index contributed by atoms with van der Waals surface area (Å²) in [7, 11) is 0. The van der Waals surface area contributed by atoms with Crippen LogP contribution in [-0.4, -0.2) is 16.3 Å². The van der Waals surface area contributed by atoms with Gasteiger partial charge in [0.05, 0.1) is 16.7 Å². The normalized spacial score (nSPS) is 11.0. The Morgan fingerprint density at radius 3 is 2.04 bits per heavy atom. The van der Waals surface area contributed by atoms with Crippen LogP contribution in [0.2, 0.25) is 0 Å². The van der Waals surface area contributed by atoms with E-state index in [-0.39, 0.29) is 0 Å². The molecule has 2 aromatic carbocycles. The third-order valence-electron chi connectivity index (χ3n) is 4.00. The number of hydrogen-bond acceptors (Lipinski definition) is 3. The van der Waals surface area contributed by atoms with Crippen LogP contribution in [0.5, 0.6) is 0 Å². The largest absolute Gasteiger partial charge is 0.298 e. The highest BCUT2D eigenvalue weighted by atomic mass is 16.1. The molecular weight excluding hydrogens is 284 g/mol. The summed E-state index contributed by atoms with van der Waals surface area (Å²) >= 11 is 0. The van der Waals surface area contributed by atoms with Crippen LogP contribution in [0.4, 0.5) is 0 Å². The molecule has 2 aromatic heterocycles. The summed E-state index contributed by atoms with van der Waals surface area (Å²) in [5.74, 6) is 0. The number of aryl methyl sites for hydroxylation is 1. The maximum atomic E-state index is 10.8. The van der Waals surface area contributed by atoms with Crippen LogP contribution in [0.25, 0.3) is 33.1 Å². The van der Waals surface area contributed by atoms with Gasteiger partial charge in [0.15, 0.2) is 0 Å². The summed E-state index contributed by atoms with van der Waals surface area (Å²) in [4.78, 5) is 20.3. The third-order valence-corrected chi connectivity index (χ3v) is 4.00. The molecule has 3 nitrogen and oxygen atoms in total. The van der Waals surface area contributed by atoms with Crippen molar-refractivity contribution in [2.24, 2.45) is 0 Å². The maximum Gasteiger partial charge on any atom is 0.150 e. The highest BCUT2D eigenvalue weighted by Crippen LogP contribution is 2.26. The van der Waals surface area contributed by atoms with Gasteiger partial charge in [0, 0.05) is 27.6 Å². The van der Waals surface area contributed by atoms with Crippen LogP contribution in [-0.2, 0) is 0 Å². The Morgan fingerprint density at radius 1 is 0.739 bits per heavy atom. The average molecular weight is 298 g/mol. The minimum Gasteiger partial charge on any atom is -0.298 e. The molecule has 0 aliphatic heterocycles. The topological polar surface area (TPSA) is 42.9 Å². The molecule has 2 heterocycles. The number of carbonyl (C=O) groups excluding carboxylic acids is 1. The molecule has 3 heteroatoms. The van der Waals surface area contributed by atoms with Crippen molar-refractivity contribution in [3.05, 3.63) is 71.9 Å². The Bertz CT molecular complexity index is 1040. The van der Waals surface area contributed by atoms with Gasteiger partial charge in [-0.3, -0.25) is 9.78 Å². The zero-order valence-electron chi connectivity index (χ0n) is 12.7. The second-order valence-corrected chi connectivity index (χ2v) is 5.60. The van der Waals surface area contributed by atoms with Crippen LogP contribution in [0.3, 0.4) is 0 Å². The van der Waals surface area contributed by atoms with E-state index in [0.717, 1.165) is 45.0 Å². The number of pyridine rings is 2. The molecule has 4 rings (SSSR count). The van der Waals surface area contributed by atoms with Crippen molar-refractivity contribution in [2.75, 3.05) is 0 Å². The second-order valence-electron chi connectivity index (χ2n) is 5.60. The van der Waals surface area contributed by atoms with Crippen molar-refractivity contribution in [1.29, 1.82) is 0 Å². The van der Waals surface area contributed by atoms with Gasteiger partial charge >= 0.3 is 0 Å². The Morgan fingerprint density at radius 2 is 1.35 bits per heavy atom. The van der Waals surface area contributed by atoms with Gasteiger partial charge in [-0.05, 0) is 19.1 Å². The van der Waals surface area contributed by atoms with Crippen molar-refractivity contribution in [3.8, 4) is 11.3 Å². The first-order chi connectivity index (χ1) is 11.2. The van der Waals surface area contributed by atoms with Gasteiger partial charge in [-0.25, -0.2) is 4.98 Å². The summed E-state index contributed by atoms with van der Waals surface area (Å²) in [6.07, 6.45) is 0.845. The lowest BCUT2D eigenvalue weighted by molar-refractivity contribution is 0.112. The van der Waals surface area contributed by atoms with E-state index in [1.807, 2.05) is 31.2 Å². The monoisotopic (exact) mass is 298 g/mol. The fourth-order valence-corrected chi connectivity index (χ4v) is 2.76. The lowest BCUT2D eigenvalue weighted by Crippen LogP contribution is -1.90. The number of rotatable bonds is 2. The first kappa shape index (κ1) is 13.6. The van der Waals surface area contributed by atoms with Gasteiger partial charge in [0.1, 0.15) is 6.29 Å². The van der Waals surface area contributed by atoms with E-state index >= 15 is 0 Å². The highest BCUT2D eigenvalue weighted by Gasteiger charge is 2.07. The first-order valence-electron chi connectivity index (χ1n) is 7.47. The number of carbonyl (C=O) groups is 1. The molecule has 23 heavy (non-hydrogen) atoms. The molecule has 0 bridgehead atoms. The summed E-state index contributed by atoms with van der Waals surface area (Å²) in [5.41, 5.74) is 5.34. The van der Waals surface area contributed by atoms with Gasteiger partial charge < -0.3 is 0 Å². The van der Waals surface area contributed by atoms with Gasteiger partial charge in [-0.1, -0.05) is 48.5 Å². The number of fused-ring (bicyclic) bond motifs is 3. The summed E-state index contributed by atoms with van der Waals surface area (Å²) < 4.78 is 0. The smallest absolute Gasteiger partial charge is 0.150 e. The van der Waals surface area contributed by atoms with Crippen molar-refractivity contribution < 1.29 is 4.79 Å². The lowest BCUT2D eigenvalue weighted by atomic mass is 10.1. The van der Waals surface area contributed by atoms with E-state index in [2.05, 4.69) is 29.2 Å². The predicted octanol–water partition coefficient (Wildman–Crippen LogP) is 4.57. The Kier molecular flexibility index (Phi) is 3.12. The van der Waals surface area contributed by atoms with Crippen molar-refractivity contribution in [3.63, 3.8) is 0 Å². The molecular formula is C20H14N2O. The van der Waals surface area contributed by atoms with Crippen molar-refractivity contribution >= 4 is 28.1 Å². The van der Waals surface area contributed by atoms with Gasteiger partial charge in [0.2, 0.25) is 0 Å². The van der Waals surface area contributed by atoms with Crippen LogP contribution >= 0.6 is 0 Å². The lowest BCUT2D eigenvalue weighted by Gasteiger charge is -2.07. The maximum absolute atomic E-state index is 10.8. The van der Waals surface area contributed by atoms with Crippen LogP contribution in [0.1, 0.15) is 16.1 Å². The van der Waals surface area contributed by atoms with E-state index in [1.54, 1.807) is 12.1 Å². The number of benzene rings is 2. The van der Waals surface area contributed by atoms with E-state index in [4.69, 9.17) is 4.98 Å². The van der Waals surface area contributed by atoms with Crippen LogP contribution < -0.4 is 0 Å². The SMILES string of the molecule is Cc1ccc2ccc3ccc(-c4ccc(C=O)cc4)nc3c2n1. The Hall–Kier alpha value is -3.07. The average Bonchev–Trinajstić information content (AvgIpc) is 2.61. The molecule has 0 N–H and O–H groups in total. The van der Waals surface area contributed by atoms with E-state index < -0.39 is 0 Å². The fraction of sp³-hybridized carbons (Fsp3) is 0.0500. The zero-order chi connectivity index (χ0) is 15.8. The summed E-state index contributed by atoms with van der Waals surface area (Å²) in [5, 5.41) is 2.16. The molecule has 4 aromatic rings. The number of aromatic nitrogens is 2. The molecule has 0 aliphatic carbocycles. The highest BCUT2D eigenvalue weighted by molar-refractivity contribution is 6.03. The van der Waals surface area contributed by atoms with Gasteiger partial charge in [0.25, 0.3) is 0 Å². The van der Waals surface area contributed by atoms with Crippen molar-refractivity contribution in [2.45, 2.75) is 6.92 Å². The summed E-state index contributed by atoms with van der Waals surface area (Å²) in [6, 6.07) is 19.7. The number of nitrogens with zero attached hydrogens (tertiary/aromatic N) is 2. The molecule has 0 amide bonds. The molecule has 110 valence electrons. The molecule has 0 saturated carbocycles. The molecule has 0 atom stereocenters. The number of hydrogen-bond donors (Lipinski definition) is 0. The van der Waals surface area contributed by atoms with Crippen molar-refractivity contribution in [1.82, 2.24) is 9.97 Å². The number of aldehydes is 1. The Balaban J connectivity index is 1.96. The Labute approximate surface area is 133 Å². The van der Waals surface area contributed by atoms with E-state index in [0.29, 0.717) is 5.56 Å². The minimum atomic E-state index is 0.664. The molecule has 0 radical (unpaired) electrons. The second kappa shape index (κ2) is 5.29. The first-order valence-corrected chi connectivity index (χ1v) is 7.47. The third kappa shape index (κ3) is 2.36. The predicted molar refractivity (Wildman–Crippen MR) is 92.6 cm³/mol. The molecule has 0 saturated heterocycles. The standard InChI is InChI=1S/C20H14N2O/c1-13-2-5-16-8-9-17-10-11-18(22-20(17)19(16)21-13)15-6-3-14(12-23)4-7-15/h2-12H,1H3. The minimum absolute atomic E-state index is 0.664. The molecule has 0 spiro atoms. The van der Waals surface area contributed by atoms with E-state index in [9.17, 15) is 4.79 Å². The molecule has 0 fully saturated rings.